The second kappa shape index (κ2) is 9.43. The van der Waals surface area contributed by atoms with Crippen molar-refractivity contribution in [1.29, 1.82) is 0 Å². The Balaban J connectivity index is 1.46. The van der Waals surface area contributed by atoms with Crippen LogP contribution in [0, 0.1) is 5.82 Å². The molecule has 5 nitrogen and oxygen atoms in total. The Morgan fingerprint density at radius 1 is 0.774 bits per heavy atom. The van der Waals surface area contributed by atoms with Crippen LogP contribution in [0.15, 0.2) is 84.9 Å². The number of benzene rings is 3. The Morgan fingerprint density at radius 3 is 1.97 bits per heavy atom. The molecule has 158 valence electrons. The van der Waals surface area contributed by atoms with Crippen LogP contribution in [0.2, 0.25) is 0 Å². The minimum Gasteiger partial charge on any atom is -0.368 e. The van der Waals surface area contributed by atoms with E-state index in [4.69, 9.17) is 0 Å². The van der Waals surface area contributed by atoms with E-state index in [0.29, 0.717) is 38.4 Å². The second-order valence-corrected chi connectivity index (χ2v) is 7.47. The van der Waals surface area contributed by atoms with Crippen LogP contribution < -0.4 is 9.80 Å². The Labute approximate surface area is 181 Å². The molecule has 31 heavy (non-hydrogen) atoms. The number of amides is 2. The number of rotatable bonds is 4. The zero-order valence-electron chi connectivity index (χ0n) is 17.2. The predicted molar refractivity (Wildman–Crippen MR) is 119 cm³/mol. The van der Waals surface area contributed by atoms with Crippen molar-refractivity contribution in [2.24, 2.45) is 0 Å². The zero-order chi connectivity index (χ0) is 21.6. The normalized spacial score (nSPS) is 13.7. The van der Waals surface area contributed by atoms with E-state index in [-0.39, 0.29) is 5.82 Å². The molecule has 1 saturated heterocycles. The number of para-hydroxylation sites is 1. The van der Waals surface area contributed by atoms with Crippen LogP contribution in [0.1, 0.15) is 5.56 Å². The Kier molecular flexibility index (Phi) is 6.26. The van der Waals surface area contributed by atoms with E-state index in [0.717, 1.165) is 11.3 Å². The molecule has 0 atom stereocenters. The highest BCUT2D eigenvalue weighted by Crippen LogP contribution is 2.20. The number of carbonyl (C=O) groups is 2. The summed E-state index contributed by atoms with van der Waals surface area (Å²) in [4.78, 5) is 31.5. The first-order chi connectivity index (χ1) is 15.1. The molecule has 1 heterocycles. The van der Waals surface area contributed by atoms with Gasteiger partial charge < -0.3 is 9.80 Å². The van der Waals surface area contributed by atoms with Crippen LogP contribution in [0.25, 0.3) is 0 Å². The maximum Gasteiger partial charge on any atom is 0.316 e. The summed E-state index contributed by atoms with van der Waals surface area (Å²) in [6.45, 7) is 2.39. The summed E-state index contributed by atoms with van der Waals surface area (Å²) in [6.07, 6.45) is 0. The molecule has 0 spiro atoms. The number of carbonyl (C=O) groups excluding carboxylic acids is 2. The van der Waals surface area contributed by atoms with Gasteiger partial charge in [0.1, 0.15) is 5.82 Å². The van der Waals surface area contributed by atoms with Gasteiger partial charge in [-0.05, 0) is 42.0 Å². The maximum absolute atomic E-state index is 13.2. The van der Waals surface area contributed by atoms with Gasteiger partial charge in [-0.15, -0.1) is 0 Å². The van der Waals surface area contributed by atoms with E-state index in [9.17, 15) is 14.0 Å². The average molecular weight is 417 g/mol. The molecule has 0 N–H and O–H groups in total. The lowest BCUT2D eigenvalue weighted by Crippen LogP contribution is -2.53. The summed E-state index contributed by atoms with van der Waals surface area (Å²) in [6, 6.07) is 25.2. The monoisotopic (exact) mass is 417 g/mol. The molecule has 0 bridgehead atoms. The molecule has 6 heteroatoms. The van der Waals surface area contributed by atoms with E-state index < -0.39 is 11.8 Å². The largest absolute Gasteiger partial charge is 0.368 e. The topological polar surface area (TPSA) is 43.9 Å². The minimum atomic E-state index is -0.537. The van der Waals surface area contributed by atoms with E-state index in [1.165, 1.54) is 17.0 Å². The van der Waals surface area contributed by atoms with Crippen molar-refractivity contribution in [3.05, 3.63) is 96.3 Å². The summed E-state index contributed by atoms with van der Waals surface area (Å²) in [7, 11) is 0. The standard InChI is InChI=1S/C25H24FN3O2/c26-21-11-13-22(14-12-21)27-15-17-28(18-16-27)24(30)25(31)29(23-9-5-2-6-10-23)19-20-7-3-1-4-8-20/h1-14H,15-19H2. The van der Waals surface area contributed by atoms with Gasteiger partial charge in [-0.3, -0.25) is 14.5 Å². The maximum atomic E-state index is 13.2. The van der Waals surface area contributed by atoms with Gasteiger partial charge in [0.25, 0.3) is 0 Å². The molecule has 0 aliphatic carbocycles. The summed E-state index contributed by atoms with van der Waals surface area (Å²) < 4.78 is 13.2. The van der Waals surface area contributed by atoms with Gasteiger partial charge >= 0.3 is 11.8 Å². The summed E-state index contributed by atoms with van der Waals surface area (Å²) in [5.74, 6) is -1.31. The molecule has 0 aromatic heterocycles. The van der Waals surface area contributed by atoms with Gasteiger partial charge in [0, 0.05) is 37.6 Å². The molecule has 3 aromatic carbocycles. The van der Waals surface area contributed by atoms with E-state index in [1.54, 1.807) is 17.0 Å². The third kappa shape index (κ3) is 4.91. The van der Waals surface area contributed by atoms with Crippen molar-refractivity contribution in [3.8, 4) is 0 Å². The first-order valence-electron chi connectivity index (χ1n) is 10.3. The fourth-order valence-corrected chi connectivity index (χ4v) is 3.72. The summed E-state index contributed by atoms with van der Waals surface area (Å²) in [5, 5.41) is 0. The molecule has 2 amide bonds. The predicted octanol–water partition coefficient (Wildman–Crippen LogP) is 3.71. The van der Waals surface area contributed by atoms with Crippen LogP contribution >= 0.6 is 0 Å². The van der Waals surface area contributed by atoms with Crippen molar-refractivity contribution in [2.75, 3.05) is 36.0 Å². The van der Waals surface area contributed by atoms with Gasteiger partial charge in [0.2, 0.25) is 0 Å². The van der Waals surface area contributed by atoms with Crippen molar-refractivity contribution < 1.29 is 14.0 Å². The first-order valence-corrected chi connectivity index (χ1v) is 10.3. The molecular formula is C25H24FN3O2. The number of hydrogen-bond acceptors (Lipinski definition) is 3. The minimum absolute atomic E-state index is 0.275. The molecule has 1 fully saturated rings. The first kappa shape index (κ1) is 20.6. The van der Waals surface area contributed by atoms with E-state index in [1.807, 2.05) is 60.7 Å². The average Bonchev–Trinajstić information content (AvgIpc) is 2.83. The number of anilines is 2. The molecule has 1 aliphatic rings. The van der Waals surface area contributed by atoms with Crippen LogP contribution in [0.3, 0.4) is 0 Å². The lowest BCUT2D eigenvalue weighted by atomic mass is 10.2. The SMILES string of the molecule is O=C(C(=O)N(Cc1ccccc1)c1ccccc1)N1CCN(c2ccc(F)cc2)CC1. The Bertz CT molecular complexity index is 1020. The van der Waals surface area contributed by atoms with Gasteiger partial charge in [0.05, 0.1) is 6.54 Å². The van der Waals surface area contributed by atoms with Crippen molar-refractivity contribution in [3.63, 3.8) is 0 Å². The molecule has 0 radical (unpaired) electrons. The van der Waals surface area contributed by atoms with Gasteiger partial charge in [0.15, 0.2) is 0 Å². The van der Waals surface area contributed by atoms with Crippen molar-refractivity contribution >= 4 is 23.2 Å². The number of piperazine rings is 1. The quantitative estimate of drug-likeness (QED) is 0.608. The van der Waals surface area contributed by atoms with Crippen LogP contribution in [-0.4, -0.2) is 42.9 Å². The molecule has 0 saturated carbocycles. The molecule has 0 unspecified atom stereocenters. The van der Waals surface area contributed by atoms with Gasteiger partial charge in [-0.25, -0.2) is 4.39 Å². The number of hydrogen-bond donors (Lipinski definition) is 0. The van der Waals surface area contributed by atoms with E-state index >= 15 is 0 Å². The summed E-state index contributed by atoms with van der Waals surface area (Å²) in [5.41, 5.74) is 2.55. The Morgan fingerprint density at radius 2 is 1.35 bits per heavy atom. The molecule has 3 aromatic rings. The highest BCUT2D eigenvalue weighted by Gasteiger charge is 2.30. The third-order valence-corrected chi connectivity index (χ3v) is 5.44. The number of halogens is 1. The van der Waals surface area contributed by atoms with Crippen molar-refractivity contribution in [2.45, 2.75) is 6.54 Å². The highest BCUT2D eigenvalue weighted by atomic mass is 19.1. The Hall–Kier alpha value is -3.67. The fraction of sp³-hybridized carbons (Fsp3) is 0.200. The van der Waals surface area contributed by atoms with Crippen LogP contribution in [0.4, 0.5) is 15.8 Å². The summed E-state index contributed by atoms with van der Waals surface area (Å²) >= 11 is 0. The van der Waals surface area contributed by atoms with Crippen LogP contribution in [0.5, 0.6) is 0 Å². The third-order valence-electron chi connectivity index (χ3n) is 5.44. The van der Waals surface area contributed by atoms with E-state index in [2.05, 4.69) is 4.90 Å². The highest BCUT2D eigenvalue weighted by molar-refractivity contribution is 6.40. The smallest absolute Gasteiger partial charge is 0.316 e. The molecule has 4 rings (SSSR count). The van der Waals surface area contributed by atoms with Gasteiger partial charge in [-0.2, -0.15) is 0 Å². The lowest BCUT2D eigenvalue weighted by Gasteiger charge is -2.36. The van der Waals surface area contributed by atoms with Crippen molar-refractivity contribution in [1.82, 2.24) is 4.90 Å². The zero-order valence-corrected chi connectivity index (χ0v) is 17.2. The van der Waals surface area contributed by atoms with Crippen LogP contribution in [-0.2, 0) is 16.1 Å². The van der Waals surface area contributed by atoms with Gasteiger partial charge in [-0.1, -0.05) is 48.5 Å². The molecule has 1 aliphatic heterocycles. The fourth-order valence-electron chi connectivity index (χ4n) is 3.72. The number of nitrogens with zero attached hydrogens (tertiary/aromatic N) is 3. The second-order valence-electron chi connectivity index (χ2n) is 7.47. The molecular weight excluding hydrogens is 393 g/mol. The lowest BCUT2D eigenvalue weighted by molar-refractivity contribution is -0.144.